The molecule has 2 heterocycles. The summed E-state index contributed by atoms with van der Waals surface area (Å²) in [5.74, 6) is 0.530. The van der Waals surface area contributed by atoms with Crippen LogP contribution in [-0.2, 0) is 0 Å². The zero-order valence-corrected chi connectivity index (χ0v) is 14.1. The first-order valence-corrected chi connectivity index (χ1v) is 7.56. The number of halogens is 1. The molecule has 0 saturated heterocycles. The van der Waals surface area contributed by atoms with Crippen LogP contribution < -0.4 is 10.2 Å². The lowest BCUT2D eigenvalue weighted by Gasteiger charge is -2.11. The molecule has 0 aliphatic rings. The molecule has 0 bridgehead atoms. The Morgan fingerprint density at radius 2 is 2.04 bits per heavy atom. The highest BCUT2D eigenvalue weighted by molar-refractivity contribution is 6.03. The Labute approximate surface area is 144 Å². The summed E-state index contributed by atoms with van der Waals surface area (Å²) in [4.78, 5) is 26.6. The molecule has 8 heteroatoms. The van der Waals surface area contributed by atoms with Gasteiger partial charge in [0.05, 0.1) is 0 Å². The van der Waals surface area contributed by atoms with Gasteiger partial charge in [0.25, 0.3) is 5.91 Å². The van der Waals surface area contributed by atoms with Gasteiger partial charge in [0.15, 0.2) is 0 Å². The number of nitrogens with zero attached hydrogens (tertiary/aromatic N) is 5. The van der Waals surface area contributed by atoms with E-state index in [1.807, 2.05) is 19.0 Å². The molecule has 0 unspecified atom stereocenters. The van der Waals surface area contributed by atoms with Crippen molar-refractivity contribution in [3.05, 3.63) is 60.2 Å². The van der Waals surface area contributed by atoms with Gasteiger partial charge in [-0.3, -0.25) is 9.36 Å². The van der Waals surface area contributed by atoms with E-state index in [4.69, 9.17) is 0 Å². The summed E-state index contributed by atoms with van der Waals surface area (Å²) in [5, 5.41) is 2.67. The van der Waals surface area contributed by atoms with Crippen molar-refractivity contribution in [1.82, 2.24) is 19.5 Å². The second-order valence-corrected chi connectivity index (χ2v) is 5.66. The summed E-state index contributed by atoms with van der Waals surface area (Å²) >= 11 is 0. The zero-order chi connectivity index (χ0) is 18.0. The van der Waals surface area contributed by atoms with Gasteiger partial charge in [0, 0.05) is 37.6 Å². The molecule has 0 aliphatic heterocycles. The Morgan fingerprint density at radius 3 is 2.80 bits per heavy atom. The molecule has 0 aliphatic carbocycles. The maximum atomic E-state index is 13.6. The van der Waals surface area contributed by atoms with Crippen LogP contribution in [0.15, 0.2) is 43.1 Å². The summed E-state index contributed by atoms with van der Waals surface area (Å²) in [5.41, 5.74) is 0.992. The number of aromatic nitrogens is 4. The van der Waals surface area contributed by atoms with E-state index < -0.39 is 5.91 Å². The molecule has 1 amide bonds. The van der Waals surface area contributed by atoms with Crippen molar-refractivity contribution in [3.63, 3.8) is 0 Å². The van der Waals surface area contributed by atoms with E-state index in [0.29, 0.717) is 17.1 Å². The van der Waals surface area contributed by atoms with Gasteiger partial charge in [-0.25, -0.2) is 19.3 Å². The molecule has 1 N–H and O–H groups in total. The molecule has 1 aromatic carbocycles. The van der Waals surface area contributed by atoms with Gasteiger partial charge in [-0.05, 0) is 19.1 Å². The van der Waals surface area contributed by atoms with Crippen LogP contribution in [0.5, 0.6) is 0 Å². The fraction of sp³-hybridized carbons (Fsp3) is 0.176. The van der Waals surface area contributed by atoms with Gasteiger partial charge in [-0.1, -0.05) is 6.07 Å². The van der Waals surface area contributed by atoms with E-state index in [2.05, 4.69) is 20.3 Å². The third-order valence-corrected chi connectivity index (χ3v) is 3.69. The van der Waals surface area contributed by atoms with Crippen molar-refractivity contribution in [2.24, 2.45) is 0 Å². The van der Waals surface area contributed by atoms with Crippen LogP contribution >= 0.6 is 0 Å². The average Bonchev–Trinajstić information content (AvgIpc) is 3.09. The second kappa shape index (κ2) is 6.68. The molecule has 0 fully saturated rings. The van der Waals surface area contributed by atoms with Crippen LogP contribution in [-0.4, -0.2) is 39.5 Å². The predicted octanol–water partition coefficient (Wildman–Crippen LogP) is 2.43. The Morgan fingerprint density at radius 1 is 1.24 bits per heavy atom. The number of amides is 1. The van der Waals surface area contributed by atoms with Gasteiger partial charge < -0.3 is 10.2 Å². The molecule has 0 atom stereocenters. The number of carbonyl (C=O) groups excluding carboxylic acids is 1. The minimum absolute atomic E-state index is 0.202. The molecule has 3 rings (SSSR count). The number of carbonyl (C=O) groups is 1. The fourth-order valence-corrected chi connectivity index (χ4v) is 2.22. The van der Waals surface area contributed by atoms with E-state index in [1.54, 1.807) is 35.9 Å². The maximum absolute atomic E-state index is 13.6. The molecule has 3 aromatic rings. The van der Waals surface area contributed by atoms with E-state index in [9.17, 15) is 9.18 Å². The van der Waals surface area contributed by atoms with E-state index in [0.717, 1.165) is 5.82 Å². The summed E-state index contributed by atoms with van der Waals surface area (Å²) in [6.07, 6.45) is 4.50. The van der Waals surface area contributed by atoms with Crippen molar-refractivity contribution in [1.29, 1.82) is 0 Å². The van der Waals surface area contributed by atoms with Crippen LogP contribution in [0.4, 0.5) is 15.9 Å². The van der Waals surface area contributed by atoms with Crippen molar-refractivity contribution in [2.45, 2.75) is 6.92 Å². The molecule has 0 radical (unpaired) electrons. The van der Waals surface area contributed by atoms with Crippen LogP contribution in [0.2, 0.25) is 0 Å². The SMILES string of the molecule is Cc1c(F)cccc1NC(=O)c1cn(-c2cc(N(C)C)ncn2)cn1. The lowest BCUT2D eigenvalue weighted by atomic mass is 10.2. The largest absolute Gasteiger partial charge is 0.363 e. The van der Waals surface area contributed by atoms with Crippen LogP contribution in [0.1, 0.15) is 16.1 Å². The van der Waals surface area contributed by atoms with Gasteiger partial charge >= 0.3 is 0 Å². The topological polar surface area (TPSA) is 75.9 Å². The highest BCUT2D eigenvalue weighted by atomic mass is 19.1. The number of nitrogens with one attached hydrogen (secondary N) is 1. The van der Waals surface area contributed by atoms with E-state index in [1.165, 1.54) is 18.7 Å². The normalized spacial score (nSPS) is 10.6. The summed E-state index contributed by atoms with van der Waals surface area (Å²) in [6.45, 7) is 1.60. The summed E-state index contributed by atoms with van der Waals surface area (Å²) in [6, 6.07) is 6.30. The molecule has 0 saturated carbocycles. The first kappa shape index (κ1) is 16.6. The summed E-state index contributed by atoms with van der Waals surface area (Å²) < 4.78 is 15.2. The minimum atomic E-state index is -0.422. The highest BCUT2D eigenvalue weighted by Gasteiger charge is 2.13. The van der Waals surface area contributed by atoms with Crippen molar-refractivity contribution >= 4 is 17.4 Å². The van der Waals surface area contributed by atoms with E-state index >= 15 is 0 Å². The number of rotatable bonds is 4. The van der Waals surface area contributed by atoms with Gasteiger partial charge in [-0.2, -0.15) is 0 Å². The smallest absolute Gasteiger partial charge is 0.275 e. The number of anilines is 2. The third kappa shape index (κ3) is 3.47. The van der Waals surface area contributed by atoms with Crippen molar-refractivity contribution < 1.29 is 9.18 Å². The Hall–Kier alpha value is -3.29. The van der Waals surface area contributed by atoms with Gasteiger partial charge in [-0.15, -0.1) is 0 Å². The highest BCUT2D eigenvalue weighted by Crippen LogP contribution is 2.18. The molecule has 128 valence electrons. The lowest BCUT2D eigenvalue weighted by Crippen LogP contribution is -2.13. The number of benzene rings is 1. The standard InChI is InChI=1S/C17H17FN6O/c1-11-12(18)5-4-6-13(11)22-17(25)14-8-24(10-21-14)16-7-15(23(2)3)19-9-20-16/h4-10H,1-3H3,(H,22,25). The fourth-order valence-electron chi connectivity index (χ4n) is 2.22. The first-order chi connectivity index (χ1) is 12.0. The monoisotopic (exact) mass is 340 g/mol. The van der Waals surface area contributed by atoms with Gasteiger partial charge in [0.2, 0.25) is 0 Å². The Balaban J connectivity index is 1.82. The Kier molecular flexibility index (Phi) is 4.42. The zero-order valence-electron chi connectivity index (χ0n) is 14.1. The molecule has 2 aromatic heterocycles. The molecular weight excluding hydrogens is 323 g/mol. The van der Waals surface area contributed by atoms with Crippen LogP contribution in [0.3, 0.4) is 0 Å². The molecule has 25 heavy (non-hydrogen) atoms. The number of hydrogen-bond acceptors (Lipinski definition) is 5. The number of hydrogen-bond donors (Lipinski definition) is 1. The van der Waals surface area contributed by atoms with Crippen molar-refractivity contribution in [2.75, 3.05) is 24.3 Å². The number of imidazole rings is 1. The maximum Gasteiger partial charge on any atom is 0.275 e. The average molecular weight is 340 g/mol. The van der Waals surface area contributed by atoms with Crippen molar-refractivity contribution in [3.8, 4) is 5.82 Å². The Bertz CT molecular complexity index is 921. The molecule has 0 spiro atoms. The first-order valence-electron chi connectivity index (χ1n) is 7.56. The summed E-state index contributed by atoms with van der Waals surface area (Å²) in [7, 11) is 3.75. The second-order valence-electron chi connectivity index (χ2n) is 5.66. The van der Waals surface area contributed by atoms with Crippen LogP contribution in [0, 0.1) is 12.7 Å². The quantitative estimate of drug-likeness (QED) is 0.789. The van der Waals surface area contributed by atoms with Crippen LogP contribution in [0.25, 0.3) is 5.82 Å². The third-order valence-electron chi connectivity index (χ3n) is 3.69. The predicted molar refractivity (Wildman–Crippen MR) is 92.6 cm³/mol. The minimum Gasteiger partial charge on any atom is -0.363 e. The molecular formula is C17H17FN6O. The molecule has 7 nitrogen and oxygen atoms in total. The van der Waals surface area contributed by atoms with E-state index in [-0.39, 0.29) is 11.5 Å². The lowest BCUT2D eigenvalue weighted by molar-refractivity contribution is 0.102. The van der Waals surface area contributed by atoms with Gasteiger partial charge in [0.1, 0.15) is 35.8 Å².